The number of ether oxygens (including phenoxy) is 1. The predicted molar refractivity (Wildman–Crippen MR) is 69.5 cm³/mol. The lowest BCUT2D eigenvalue weighted by Crippen LogP contribution is -2.25. The van der Waals surface area contributed by atoms with Crippen LogP contribution in [0.3, 0.4) is 0 Å². The molecule has 0 saturated heterocycles. The summed E-state index contributed by atoms with van der Waals surface area (Å²) in [5.74, 6) is 0.554. The first-order valence-corrected chi connectivity index (χ1v) is 6.52. The van der Waals surface area contributed by atoms with Crippen molar-refractivity contribution in [2.75, 3.05) is 6.61 Å². The molecule has 0 radical (unpaired) electrons. The van der Waals surface area contributed by atoms with Gasteiger partial charge in [-0.1, -0.05) is 0 Å². The highest BCUT2D eigenvalue weighted by Gasteiger charge is 2.23. The molecule has 0 aromatic carbocycles. The van der Waals surface area contributed by atoms with E-state index in [9.17, 15) is 4.79 Å². The van der Waals surface area contributed by atoms with Gasteiger partial charge in [0.05, 0.1) is 18.8 Å². The van der Waals surface area contributed by atoms with E-state index in [0.717, 1.165) is 18.5 Å². The largest absolute Gasteiger partial charge is 0.449 e. The maximum absolute atomic E-state index is 11.5. The molecule has 1 aliphatic rings. The number of hydrogen-bond acceptors (Lipinski definition) is 5. The van der Waals surface area contributed by atoms with Crippen molar-refractivity contribution >= 4 is 6.09 Å². The third-order valence-corrected chi connectivity index (χ3v) is 3.23. The van der Waals surface area contributed by atoms with Gasteiger partial charge in [0.2, 0.25) is 0 Å². The fraction of sp³-hybridized carbons (Fsp3) is 0.500. The second-order valence-corrected chi connectivity index (χ2v) is 4.85. The van der Waals surface area contributed by atoms with E-state index in [0.29, 0.717) is 23.9 Å². The average molecular weight is 276 g/mol. The van der Waals surface area contributed by atoms with Crippen molar-refractivity contribution in [2.24, 2.45) is 13.0 Å². The number of hydrogen-bond donors (Lipinski definition) is 2. The minimum atomic E-state index is -0.421. The van der Waals surface area contributed by atoms with Crippen molar-refractivity contribution in [3.8, 4) is 11.4 Å². The van der Waals surface area contributed by atoms with E-state index in [2.05, 4.69) is 25.8 Å². The molecule has 8 heteroatoms. The smallest absolute Gasteiger partial charge is 0.407 e. The summed E-state index contributed by atoms with van der Waals surface area (Å²) in [7, 11) is 1.82. The molecule has 20 heavy (non-hydrogen) atoms. The van der Waals surface area contributed by atoms with Gasteiger partial charge in [-0.15, -0.1) is 0 Å². The highest BCUT2D eigenvalue weighted by molar-refractivity contribution is 5.67. The average Bonchev–Trinajstić information content (AvgIpc) is 2.99. The van der Waals surface area contributed by atoms with Crippen LogP contribution in [0.15, 0.2) is 12.3 Å². The van der Waals surface area contributed by atoms with Gasteiger partial charge in [0.25, 0.3) is 0 Å². The minimum absolute atomic E-state index is 0.264. The number of alkyl carbamates (subject to hydrolysis) is 1. The summed E-state index contributed by atoms with van der Waals surface area (Å²) in [5.41, 5.74) is 2.16. The second kappa shape index (κ2) is 5.32. The summed E-state index contributed by atoms with van der Waals surface area (Å²) in [4.78, 5) is 11.5. The van der Waals surface area contributed by atoms with Crippen molar-refractivity contribution in [1.82, 2.24) is 30.5 Å². The van der Waals surface area contributed by atoms with Gasteiger partial charge < -0.3 is 10.1 Å². The van der Waals surface area contributed by atoms with Gasteiger partial charge in [-0.25, -0.2) is 4.79 Å². The molecule has 2 aromatic rings. The Morgan fingerprint density at radius 1 is 1.55 bits per heavy atom. The molecular weight excluding hydrogens is 260 g/mol. The van der Waals surface area contributed by atoms with Gasteiger partial charge in [0.1, 0.15) is 11.4 Å². The van der Waals surface area contributed by atoms with Gasteiger partial charge in [0.15, 0.2) is 0 Å². The maximum atomic E-state index is 11.5. The molecule has 0 bridgehead atoms. The van der Waals surface area contributed by atoms with E-state index in [1.54, 1.807) is 10.9 Å². The van der Waals surface area contributed by atoms with E-state index in [1.165, 1.54) is 0 Å². The van der Waals surface area contributed by atoms with Crippen LogP contribution in [0.25, 0.3) is 11.4 Å². The van der Waals surface area contributed by atoms with Crippen molar-refractivity contribution in [2.45, 2.75) is 19.4 Å². The summed E-state index contributed by atoms with van der Waals surface area (Å²) in [5, 5.41) is 17.5. The van der Waals surface area contributed by atoms with Gasteiger partial charge in [-0.05, 0) is 24.8 Å². The molecule has 2 aromatic heterocycles. The molecule has 0 aliphatic heterocycles. The number of aromatic nitrogens is 5. The molecule has 1 saturated carbocycles. The van der Waals surface area contributed by atoms with E-state index in [-0.39, 0.29) is 6.54 Å². The van der Waals surface area contributed by atoms with Crippen LogP contribution in [0, 0.1) is 5.92 Å². The summed E-state index contributed by atoms with van der Waals surface area (Å²) < 4.78 is 6.79. The Hall–Kier alpha value is -2.38. The van der Waals surface area contributed by atoms with E-state index < -0.39 is 6.09 Å². The fourth-order valence-electron chi connectivity index (χ4n) is 1.87. The Morgan fingerprint density at radius 3 is 3.10 bits per heavy atom. The summed E-state index contributed by atoms with van der Waals surface area (Å²) in [6.45, 7) is 0.764. The summed E-state index contributed by atoms with van der Waals surface area (Å²) in [6.07, 6.45) is 3.57. The lowest BCUT2D eigenvalue weighted by atomic mass is 10.2. The van der Waals surface area contributed by atoms with Crippen LogP contribution in [-0.4, -0.2) is 37.9 Å². The Kier molecular flexibility index (Phi) is 3.36. The Balaban J connectivity index is 1.59. The standard InChI is InChI=1S/C12H16N6O2/c1-18-10(4-5-14-18)11-9(15-17-16-11)6-13-12(19)20-7-8-2-3-8/h4-5,8H,2-3,6-7H2,1H3,(H,13,19)(H,15,16,17). The Morgan fingerprint density at radius 2 is 2.40 bits per heavy atom. The number of carbonyl (C=O) groups excluding carboxylic acids is 1. The summed E-state index contributed by atoms with van der Waals surface area (Å²) >= 11 is 0. The molecule has 2 heterocycles. The highest BCUT2D eigenvalue weighted by atomic mass is 16.5. The number of amides is 1. The van der Waals surface area contributed by atoms with Crippen molar-refractivity contribution in [3.05, 3.63) is 18.0 Å². The molecule has 1 aliphatic carbocycles. The highest BCUT2D eigenvalue weighted by Crippen LogP contribution is 2.28. The zero-order valence-corrected chi connectivity index (χ0v) is 11.2. The zero-order valence-electron chi connectivity index (χ0n) is 11.2. The van der Waals surface area contributed by atoms with Gasteiger partial charge in [-0.2, -0.15) is 20.5 Å². The van der Waals surface area contributed by atoms with E-state index >= 15 is 0 Å². The molecular formula is C12H16N6O2. The zero-order chi connectivity index (χ0) is 13.9. The van der Waals surface area contributed by atoms with Gasteiger partial charge >= 0.3 is 6.09 Å². The van der Waals surface area contributed by atoms with Crippen LogP contribution in [0.2, 0.25) is 0 Å². The Bertz CT molecular complexity index is 601. The molecule has 8 nitrogen and oxygen atoms in total. The van der Waals surface area contributed by atoms with Crippen molar-refractivity contribution in [1.29, 1.82) is 0 Å². The monoisotopic (exact) mass is 276 g/mol. The normalized spacial score (nSPS) is 14.2. The second-order valence-electron chi connectivity index (χ2n) is 4.85. The maximum Gasteiger partial charge on any atom is 0.407 e. The topological polar surface area (TPSA) is 97.7 Å². The van der Waals surface area contributed by atoms with Crippen LogP contribution in [0.4, 0.5) is 4.79 Å². The molecule has 2 N–H and O–H groups in total. The molecule has 0 spiro atoms. The first-order chi connectivity index (χ1) is 9.74. The number of nitrogens with one attached hydrogen (secondary N) is 2. The van der Waals surface area contributed by atoms with Crippen molar-refractivity contribution < 1.29 is 9.53 Å². The number of aromatic amines is 1. The third kappa shape index (κ3) is 2.79. The van der Waals surface area contributed by atoms with Crippen LogP contribution in [0.1, 0.15) is 18.5 Å². The fourth-order valence-corrected chi connectivity index (χ4v) is 1.87. The van der Waals surface area contributed by atoms with E-state index in [1.807, 2.05) is 13.1 Å². The van der Waals surface area contributed by atoms with E-state index in [4.69, 9.17) is 4.74 Å². The molecule has 106 valence electrons. The first kappa shape index (κ1) is 12.6. The third-order valence-electron chi connectivity index (χ3n) is 3.23. The molecule has 1 amide bonds. The lowest BCUT2D eigenvalue weighted by Gasteiger charge is -2.05. The Labute approximate surface area is 115 Å². The van der Waals surface area contributed by atoms with Crippen LogP contribution >= 0.6 is 0 Å². The number of aryl methyl sites for hydroxylation is 1. The quantitative estimate of drug-likeness (QED) is 0.843. The van der Waals surface area contributed by atoms with Crippen LogP contribution < -0.4 is 5.32 Å². The van der Waals surface area contributed by atoms with Gasteiger partial charge in [0, 0.05) is 13.2 Å². The van der Waals surface area contributed by atoms with Gasteiger partial charge in [-0.3, -0.25) is 4.68 Å². The SMILES string of the molecule is Cn1nccc1-c1n[nH]nc1CNC(=O)OCC1CC1. The number of carbonyl (C=O) groups is 1. The van der Waals surface area contributed by atoms with Crippen LogP contribution in [0.5, 0.6) is 0 Å². The first-order valence-electron chi connectivity index (χ1n) is 6.52. The predicted octanol–water partition coefficient (Wildman–Crippen LogP) is 0.841. The number of rotatable bonds is 5. The number of nitrogens with zero attached hydrogens (tertiary/aromatic N) is 4. The molecule has 0 unspecified atom stereocenters. The minimum Gasteiger partial charge on any atom is -0.449 e. The molecule has 1 fully saturated rings. The lowest BCUT2D eigenvalue weighted by molar-refractivity contribution is 0.140. The summed E-state index contributed by atoms with van der Waals surface area (Å²) in [6, 6.07) is 1.84. The molecule has 0 atom stereocenters. The molecule has 3 rings (SSSR count). The van der Waals surface area contributed by atoms with Crippen molar-refractivity contribution in [3.63, 3.8) is 0 Å². The van der Waals surface area contributed by atoms with Crippen LogP contribution in [-0.2, 0) is 18.3 Å². The number of H-pyrrole nitrogens is 1.